The van der Waals surface area contributed by atoms with Crippen LogP contribution in [0, 0.1) is 5.82 Å². The van der Waals surface area contributed by atoms with Crippen molar-refractivity contribution in [2.45, 2.75) is 6.04 Å². The lowest BCUT2D eigenvalue weighted by Gasteiger charge is -2.17. The third-order valence-corrected chi connectivity index (χ3v) is 3.44. The number of rotatable bonds is 4. The van der Waals surface area contributed by atoms with E-state index in [1.807, 2.05) is 0 Å². The van der Waals surface area contributed by atoms with Crippen LogP contribution < -0.4 is 11.1 Å². The van der Waals surface area contributed by atoms with Crippen LogP contribution in [0.3, 0.4) is 0 Å². The van der Waals surface area contributed by atoms with Gasteiger partial charge in [0.1, 0.15) is 11.9 Å². The van der Waals surface area contributed by atoms with Crippen molar-refractivity contribution < 1.29 is 9.18 Å². The number of halogens is 3. The van der Waals surface area contributed by atoms with E-state index in [1.54, 1.807) is 24.3 Å². The molecule has 2 rings (SSSR count). The van der Waals surface area contributed by atoms with Crippen LogP contribution >= 0.6 is 23.2 Å². The van der Waals surface area contributed by atoms with Crippen molar-refractivity contribution in [2.75, 3.05) is 5.32 Å². The van der Waals surface area contributed by atoms with Crippen LogP contribution in [0.15, 0.2) is 42.5 Å². The number of nitrogens with two attached hydrogens (primary N) is 1. The van der Waals surface area contributed by atoms with Gasteiger partial charge in [-0.2, -0.15) is 0 Å². The Morgan fingerprint density at radius 2 is 1.90 bits per heavy atom. The van der Waals surface area contributed by atoms with Gasteiger partial charge in [-0.25, -0.2) is 4.39 Å². The lowest BCUT2D eigenvalue weighted by atomic mass is 10.1. The number of anilines is 1. The van der Waals surface area contributed by atoms with Gasteiger partial charge in [-0.05, 0) is 35.9 Å². The van der Waals surface area contributed by atoms with Crippen molar-refractivity contribution in [3.05, 3.63) is 63.9 Å². The minimum Gasteiger partial charge on any atom is -0.370 e. The van der Waals surface area contributed by atoms with Gasteiger partial charge in [0.05, 0.1) is 10.0 Å². The molecule has 6 heteroatoms. The fourth-order valence-corrected chi connectivity index (χ4v) is 2.06. The van der Waals surface area contributed by atoms with E-state index < -0.39 is 17.8 Å². The minimum atomic E-state index is -0.827. The molecule has 3 nitrogen and oxygen atoms in total. The number of hydrogen-bond acceptors (Lipinski definition) is 2. The molecular weight excluding hydrogens is 302 g/mol. The second-order valence-corrected chi connectivity index (χ2v) is 4.98. The Kier molecular flexibility index (Phi) is 4.47. The van der Waals surface area contributed by atoms with Gasteiger partial charge < -0.3 is 11.1 Å². The van der Waals surface area contributed by atoms with E-state index >= 15 is 0 Å². The van der Waals surface area contributed by atoms with Crippen LogP contribution in [0.5, 0.6) is 0 Å². The number of amides is 1. The van der Waals surface area contributed by atoms with Crippen molar-refractivity contribution in [1.29, 1.82) is 0 Å². The fraction of sp³-hybridized carbons (Fsp3) is 0.0714. The lowest BCUT2D eigenvalue weighted by Crippen LogP contribution is -2.27. The lowest BCUT2D eigenvalue weighted by molar-refractivity contribution is -0.118. The highest BCUT2D eigenvalue weighted by atomic mass is 35.5. The van der Waals surface area contributed by atoms with E-state index in [0.29, 0.717) is 21.3 Å². The molecule has 2 aromatic carbocycles. The number of carbonyl (C=O) groups is 1. The molecule has 0 spiro atoms. The summed E-state index contributed by atoms with van der Waals surface area (Å²) in [5.41, 5.74) is 6.37. The highest BCUT2D eigenvalue weighted by Crippen LogP contribution is 2.27. The number of nitrogens with one attached hydrogen (secondary N) is 1. The molecule has 0 aliphatic heterocycles. The zero-order valence-corrected chi connectivity index (χ0v) is 11.8. The Balaban J connectivity index is 2.32. The van der Waals surface area contributed by atoms with Crippen LogP contribution in [0.4, 0.5) is 10.1 Å². The fourth-order valence-electron chi connectivity index (χ4n) is 1.76. The van der Waals surface area contributed by atoms with E-state index in [0.717, 1.165) is 0 Å². The summed E-state index contributed by atoms with van der Waals surface area (Å²) in [6, 6.07) is 9.67. The van der Waals surface area contributed by atoms with Crippen LogP contribution in [-0.2, 0) is 4.79 Å². The van der Waals surface area contributed by atoms with Gasteiger partial charge in [-0.1, -0.05) is 35.3 Å². The molecule has 1 amide bonds. The molecule has 1 unspecified atom stereocenters. The van der Waals surface area contributed by atoms with Crippen LogP contribution in [-0.4, -0.2) is 5.91 Å². The molecule has 0 saturated heterocycles. The maximum atomic E-state index is 13.1. The number of benzene rings is 2. The molecular formula is C14H11Cl2FN2O. The molecule has 104 valence electrons. The first-order valence-corrected chi connectivity index (χ1v) is 6.49. The normalized spacial score (nSPS) is 11.9. The van der Waals surface area contributed by atoms with E-state index in [9.17, 15) is 9.18 Å². The highest BCUT2D eigenvalue weighted by Gasteiger charge is 2.18. The van der Waals surface area contributed by atoms with Crippen LogP contribution in [0.1, 0.15) is 11.6 Å². The molecule has 0 heterocycles. The van der Waals surface area contributed by atoms with Crippen molar-refractivity contribution in [1.82, 2.24) is 0 Å². The van der Waals surface area contributed by atoms with Crippen molar-refractivity contribution >= 4 is 34.8 Å². The number of carbonyl (C=O) groups excluding carboxylic acids is 1. The van der Waals surface area contributed by atoms with Gasteiger partial charge in [0.15, 0.2) is 0 Å². The van der Waals surface area contributed by atoms with E-state index in [4.69, 9.17) is 28.9 Å². The van der Waals surface area contributed by atoms with E-state index in [2.05, 4.69) is 5.32 Å². The standard InChI is InChI=1S/C14H11Cl2FN2O/c15-11-5-4-8(6-12(11)16)13(14(18)20)19-10-3-1-2-9(17)7-10/h1-7,13,19H,(H2,18,20). The Labute approximate surface area is 125 Å². The molecule has 0 bridgehead atoms. The van der Waals surface area contributed by atoms with Crippen LogP contribution in [0.25, 0.3) is 0 Å². The molecule has 0 aliphatic rings. The maximum absolute atomic E-state index is 13.1. The summed E-state index contributed by atoms with van der Waals surface area (Å²) in [4.78, 5) is 11.6. The second kappa shape index (κ2) is 6.11. The summed E-state index contributed by atoms with van der Waals surface area (Å²) in [7, 11) is 0. The molecule has 2 aromatic rings. The van der Waals surface area contributed by atoms with Crippen molar-refractivity contribution in [3.8, 4) is 0 Å². The van der Waals surface area contributed by atoms with Gasteiger partial charge in [-0.3, -0.25) is 4.79 Å². The molecule has 1 atom stereocenters. The topological polar surface area (TPSA) is 55.1 Å². The predicted molar refractivity (Wildman–Crippen MR) is 78.4 cm³/mol. The maximum Gasteiger partial charge on any atom is 0.244 e. The summed E-state index contributed by atoms with van der Waals surface area (Å²) in [5, 5.41) is 3.56. The Morgan fingerprint density at radius 3 is 2.50 bits per heavy atom. The Bertz CT molecular complexity index is 649. The van der Waals surface area contributed by atoms with Gasteiger partial charge in [0, 0.05) is 5.69 Å². The summed E-state index contributed by atoms with van der Waals surface area (Å²) < 4.78 is 13.1. The SMILES string of the molecule is NC(=O)C(Nc1cccc(F)c1)c1ccc(Cl)c(Cl)c1. The average Bonchev–Trinajstić information content (AvgIpc) is 2.39. The van der Waals surface area contributed by atoms with Gasteiger partial charge in [0.25, 0.3) is 0 Å². The Morgan fingerprint density at radius 1 is 1.15 bits per heavy atom. The van der Waals surface area contributed by atoms with Gasteiger partial charge in [0.2, 0.25) is 5.91 Å². The molecule has 3 N–H and O–H groups in total. The summed E-state index contributed by atoms with van der Waals surface area (Å²) in [6.45, 7) is 0. The highest BCUT2D eigenvalue weighted by molar-refractivity contribution is 6.42. The smallest absolute Gasteiger partial charge is 0.244 e. The quantitative estimate of drug-likeness (QED) is 0.903. The largest absolute Gasteiger partial charge is 0.370 e. The summed E-state index contributed by atoms with van der Waals surface area (Å²) >= 11 is 11.7. The first-order chi connectivity index (χ1) is 9.47. The van der Waals surface area contributed by atoms with Crippen molar-refractivity contribution in [3.63, 3.8) is 0 Å². The number of hydrogen-bond donors (Lipinski definition) is 2. The second-order valence-electron chi connectivity index (χ2n) is 4.16. The molecule has 0 radical (unpaired) electrons. The molecule has 0 aromatic heterocycles. The summed E-state index contributed by atoms with van der Waals surface area (Å²) in [6.07, 6.45) is 0. The third kappa shape index (κ3) is 3.40. The van der Waals surface area contributed by atoms with Crippen molar-refractivity contribution in [2.24, 2.45) is 5.73 Å². The third-order valence-electron chi connectivity index (χ3n) is 2.70. The molecule has 0 aliphatic carbocycles. The predicted octanol–water partition coefficient (Wildman–Crippen LogP) is 3.77. The summed E-state index contributed by atoms with van der Waals surface area (Å²) in [5.74, 6) is -1.01. The monoisotopic (exact) mass is 312 g/mol. The Hall–Kier alpha value is -1.78. The number of primary amides is 1. The average molecular weight is 313 g/mol. The van der Waals surface area contributed by atoms with Gasteiger partial charge >= 0.3 is 0 Å². The zero-order chi connectivity index (χ0) is 14.7. The zero-order valence-electron chi connectivity index (χ0n) is 10.2. The first kappa shape index (κ1) is 14.6. The first-order valence-electron chi connectivity index (χ1n) is 5.74. The van der Waals surface area contributed by atoms with Gasteiger partial charge in [-0.15, -0.1) is 0 Å². The van der Waals surface area contributed by atoms with E-state index in [1.165, 1.54) is 18.2 Å². The minimum absolute atomic E-state index is 0.316. The molecule has 20 heavy (non-hydrogen) atoms. The molecule has 0 fully saturated rings. The van der Waals surface area contributed by atoms with Crippen LogP contribution in [0.2, 0.25) is 10.0 Å². The van der Waals surface area contributed by atoms with E-state index in [-0.39, 0.29) is 0 Å². The molecule has 0 saturated carbocycles.